The van der Waals surface area contributed by atoms with Gasteiger partial charge in [-0.1, -0.05) is 0 Å². The Labute approximate surface area is 103 Å². The van der Waals surface area contributed by atoms with Crippen molar-refractivity contribution in [3.63, 3.8) is 0 Å². The standard InChI is InChI=1S/C10H18O6Si/c1-7(11)4-14-10(17,15-5-8(2)12)16-6-9(3)13/h4-6H2,1-3,17H3. The van der Waals surface area contributed by atoms with Gasteiger partial charge in [0.2, 0.25) is 5.60 Å². The van der Waals surface area contributed by atoms with Crippen LogP contribution >= 0.6 is 0 Å². The molecule has 17 heavy (non-hydrogen) atoms. The third-order valence-electron chi connectivity index (χ3n) is 1.61. The van der Waals surface area contributed by atoms with Gasteiger partial charge < -0.3 is 14.2 Å². The summed E-state index contributed by atoms with van der Waals surface area (Å²) in [7, 11) is 0.262. The molecule has 0 unspecified atom stereocenters. The first-order valence-corrected chi connectivity index (χ1v) is 6.15. The lowest BCUT2D eigenvalue weighted by molar-refractivity contribution is -0.315. The van der Waals surface area contributed by atoms with Crippen molar-refractivity contribution in [3.05, 3.63) is 0 Å². The van der Waals surface area contributed by atoms with Crippen molar-refractivity contribution in [3.8, 4) is 0 Å². The Hall–Kier alpha value is -0.893. The lowest BCUT2D eigenvalue weighted by Crippen LogP contribution is -2.43. The van der Waals surface area contributed by atoms with Crippen LogP contribution in [0.4, 0.5) is 0 Å². The molecule has 0 N–H and O–H groups in total. The Bertz CT molecular complexity index is 256. The van der Waals surface area contributed by atoms with Crippen LogP contribution in [0.2, 0.25) is 0 Å². The Morgan fingerprint density at radius 2 is 1.06 bits per heavy atom. The maximum absolute atomic E-state index is 10.8. The van der Waals surface area contributed by atoms with Gasteiger partial charge in [-0.05, 0) is 20.8 Å². The summed E-state index contributed by atoms with van der Waals surface area (Å²) in [5, 5.41) is 0. The van der Waals surface area contributed by atoms with Crippen LogP contribution in [0.15, 0.2) is 0 Å². The van der Waals surface area contributed by atoms with E-state index in [2.05, 4.69) is 0 Å². The van der Waals surface area contributed by atoms with Gasteiger partial charge in [0.1, 0.15) is 30.1 Å². The van der Waals surface area contributed by atoms with Crippen LogP contribution in [0, 0.1) is 0 Å². The van der Waals surface area contributed by atoms with Crippen LogP contribution in [0.1, 0.15) is 20.8 Å². The van der Waals surface area contributed by atoms with Crippen molar-refractivity contribution in [2.45, 2.75) is 26.4 Å². The molecule has 7 heteroatoms. The van der Waals surface area contributed by atoms with Gasteiger partial charge in [-0.3, -0.25) is 14.4 Å². The van der Waals surface area contributed by atoms with Crippen molar-refractivity contribution in [1.29, 1.82) is 0 Å². The van der Waals surface area contributed by atoms with Gasteiger partial charge in [0.25, 0.3) is 0 Å². The third kappa shape index (κ3) is 8.87. The molecule has 0 rings (SSSR count). The lowest BCUT2D eigenvalue weighted by atomic mass is 10.5. The molecule has 0 radical (unpaired) electrons. The highest BCUT2D eigenvalue weighted by Crippen LogP contribution is 2.11. The first-order valence-electron chi connectivity index (χ1n) is 5.15. The summed E-state index contributed by atoms with van der Waals surface area (Å²) in [6, 6.07) is 0. The zero-order valence-corrected chi connectivity index (χ0v) is 12.6. The molecule has 0 aromatic carbocycles. The molecule has 0 aromatic rings. The van der Waals surface area contributed by atoms with Crippen molar-refractivity contribution in [2.24, 2.45) is 0 Å². The Balaban J connectivity index is 4.37. The molecule has 0 fully saturated rings. The van der Waals surface area contributed by atoms with E-state index in [1.165, 1.54) is 20.8 Å². The number of ether oxygens (including phenoxy) is 3. The van der Waals surface area contributed by atoms with E-state index in [9.17, 15) is 14.4 Å². The number of ketones is 3. The Morgan fingerprint density at radius 3 is 1.24 bits per heavy atom. The van der Waals surface area contributed by atoms with E-state index in [1.54, 1.807) is 0 Å². The highest BCUT2D eigenvalue weighted by molar-refractivity contribution is 6.12. The normalized spacial score (nSPS) is 11.5. The molecular weight excluding hydrogens is 244 g/mol. The van der Waals surface area contributed by atoms with E-state index in [1.807, 2.05) is 0 Å². The number of Topliss-reactive ketones (excluding diaryl/α,β-unsaturated/α-hetero) is 3. The average molecular weight is 262 g/mol. The molecule has 0 aliphatic heterocycles. The van der Waals surface area contributed by atoms with Crippen LogP contribution in [0.25, 0.3) is 0 Å². The number of carbonyl (C=O) groups excluding carboxylic acids is 3. The molecule has 0 amide bonds. The van der Waals surface area contributed by atoms with Crippen molar-refractivity contribution >= 4 is 27.6 Å². The molecule has 0 spiro atoms. The quantitative estimate of drug-likeness (QED) is 0.383. The monoisotopic (exact) mass is 262 g/mol. The van der Waals surface area contributed by atoms with Crippen LogP contribution in [-0.2, 0) is 28.6 Å². The van der Waals surface area contributed by atoms with Crippen LogP contribution in [0.5, 0.6) is 0 Å². The summed E-state index contributed by atoms with van der Waals surface area (Å²) >= 11 is 0. The van der Waals surface area contributed by atoms with Crippen molar-refractivity contribution in [1.82, 2.24) is 0 Å². The van der Waals surface area contributed by atoms with Gasteiger partial charge in [0.05, 0.1) is 0 Å². The molecule has 0 aromatic heterocycles. The van der Waals surface area contributed by atoms with Gasteiger partial charge >= 0.3 is 0 Å². The number of hydrogen-bond donors (Lipinski definition) is 0. The van der Waals surface area contributed by atoms with Crippen molar-refractivity contribution < 1.29 is 28.6 Å². The van der Waals surface area contributed by atoms with Crippen LogP contribution < -0.4 is 0 Å². The zero-order chi connectivity index (χ0) is 13.5. The Kier molecular flexibility index (Phi) is 7.05. The SMILES string of the molecule is CC(=O)COC([SiH3])(OCC(C)=O)OCC(C)=O. The van der Waals surface area contributed by atoms with E-state index in [4.69, 9.17) is 14.2 Å². The number of carbonyl (C=O) groups is 3. The molecule has 6 nitrogen and oxygen atoms in total. The predicted molar refractivity (Wildman–Crippen MR) is 62.6 cm³/mol. The van der Waals surface area contributed by atoms with E-state index < -0.39 is 5.60 Å². The fourth-order valence-corrected chi connectivity index (χ4v) is 1.26. The summed E-state index contributed by atoms with van der Waals surface area (Å²) in [6.07, 6.45) is 0. The van der Waals surface area contributed by atoms with Crippen molar-refractivity contribution in [2.75, 3.05) is 19.8 Å². The minimum Gasteiger partial charge on any atom is -0.324 e. The van der Waals surface area contributed by atoms with Gasteiger partial charge in [-0.15, -0.1) is 0 Å². The van der Waals surface area contributed by atoms with Gasteiger partial charge in [0, 0.05) is 0 Å². The largest absolute Gasteiger partial charge is 0.324 e. The van der Waals surface area contributed by atoms with E-state index in [0.717, 1.165) is 0 Å². The van der Waals surface area contributed by atoms with Gasteiger partial charge in [-0.2, -0.15) is 0 Å². The van der Waals surface area contributed by atoms with Gasteiger partial charge in [-0.25, -0.2) is 0 Å². The summed E-state index contributed by atoms with van der Waals surface area (Å²) in [5.41, 5.74) is -1.43. The summed E-state index contributed by atoms with van der Waals surface area (Å²) < 4.78 is 15.5. The molecule has 0 aliphatic rings. The molecule has 0 heterocycles. The second-order valence-electron chi connectivity index (χ2n) is 3.83. The Morgan fingerprint density at radius 1 is 0.824 bits per heavy atom. The smallest absolute Gasteiger partial charge is 0.246 e. The average Bonchev–Trinajstić information content (AvgIpc) is 2.21. The molecule has 0 bridgehead atoms. The number of rotatable bonds is 9. The summed E-state index contributed by atoms with van der Waals surface area (Å²) in [5.74, 6) is -0.575. The fourth-order valence-electron chi connectivity index (χ4n) is 0.823. The first kappa shape index (κ1) is 16.1. The second-order valence-corrected chi connectivity index (χ2v) is 5.06. The van der Waals surface area contributed by atoms with Crippen LogP contribution in [-0.4, -0.2) is 53.0 Å². The minimum atomic E-state index is -1.43. The molecule has 0 aliphatic carbocycles. The zero-order valence-electron chi connectivity index (χ0n) is 10.6. The maximum Gasteiger partial charge on any atom is 0.246 e. The molecule has 0 saturated carbocycles. The highest BCUT2D eigenvalue weighted by atomic mass is 28.1. The lowest BCUT2D eigenvalue weighted by Gasteiger charge is -2.29. The molecular formula is C10H18O6Si. The minimum absolute atomic E-state index is 0.181. The maximum atomic E-state index is 10.8. The second kappa shape index (κ2) is 7.44. The summed E-state index contributed by atoms with van der Waals surface area (Å²) in [6.45, 7) is 3.53. The predicted octanol–water partition coefficient (Wildman–Crippen LogP) is -1.22. The van der Waals surface area contributed by atoms with Crippen LogP contribution in [0.3, 0.4) is 0 Å². The fraction of sp³-hybridized carbons (Fsp3) is 0.700. The van der Waals surface area contributed by atoms with E-state index >= 15 is 0 Å². The number of hydrogen-bond acceptors (Lipinski definition) is 6. The van der Waals surface area contributed by atoms with E-state index in [-0.39, 0.29) is 47.4 Å². The van der Waals surface area contributed by atoms with Gasteiger partial charge in [0.15, 0.2) is 17.3 Å². The first-order chi connectivity index (χ1) is 7.75. The molecule has 0 atom stereocenters. The van der Waals surface area contributed by atoms with E-state index in [0.29, 0.717) is 0 Å². The summed E-state index contributed by atoms with van der Waals surface area (Å²) in [4.78, 5) is 32.4. The highest BCUT2D eigenvalue weighted by Gasteiger charge is 2.28. The molecule has 98 valence electrons. The topological polar surface area (TPSA) is 78.9 Å². The molecule has 0 saturated heterocycles. The third-order valence-corrected chi connectivity index (χ3v) is 2.48.